The summed E-state index contributed by atoms with van der Waals surface area (Å²) in [5.41, 5.74) is 20.3. The minimum atomic E-state index is -0.550. The maximum absolute atomic E-state index is 5.12. The minimum absolute atomic E-state index is 0.550. The van der Waals surface area contributed by atoms with Gasteiger partial charge in [0.25, 0.3) is 0 Å². The van der Waals surface area contributed by atoms with Crippen molar-refractivity contribution in [1.82, 2.24) is 9.97 Å². The first-order valence-electron chi connectivity index (χ1n) is 22.6. The summed E-state index contributed by atoms with van der Waals surface area (Å²) in [5, 5.41) is 2.53. The average molecular weight is 840 g/mol. The molecule has 11 aromatic rings. The third kappa shape index (κ3) is 5.91. The fourth-order valence-electron chi connectivity index (χ4n) is 10.7. The van der Waals surface area contributed by atoms with Gasteiger partial charge in [0.15, 0.2) is 5.82 Å². The summed E-state index contributed by atoms with van der Waals surface area (Å²) in [6.45, 7) is 0. The molecule has 0 unspecified atom stereocenters. The Morgan fingerprint density at radius 3 is 1.55 bits per heavy atom. The molecule has 66 heavy (non-hydrogen) atoms. The van der Waals surface area contributed by atoms with Crippen LogP contribution >= 0.6 is 0 Å². The molecule has 0 radical (unpaired) electrons. The van der Waals surface area contributed by atoms with Gasteiger partial charge >= 0.3 is 0 Å². The van der Waals surface area contributed by atoms with Crippen molar-refractivity contribution in [3.8, 4) is 67.3 Å². The van der Waals surface area contributed by atoms with Gasteiger partial charge in [0.05, 0.1) is 28.2 Å². The largest absolute Gasteiger partial charge is 0.310 e. The van der Waals surface area contributed by atoms with E-state index in [1.807, 2.05) is 24.3 Å². The maximum Gasteiger partial charge on any atom is 0.160 e. The van der Waals surface area contributed by atoms with Crippen molar-refractivity contribution < 1.29 is 0 Å². The predicted molar refractivity (Wildman–Crippen MR) is 272 cm³/mol. The van der Waals surface area contributed by atoms with Gasteiger partial charge in [-0.15, -0.1) is 0 Å². The fourth-order valence-corrected chi connectivity index (χ4v) is 10.7. The van der Waals surface area contributed by atoms with E-state index in [0.29, 0.717) is 5.82 Å². The second-order valence-electron chi connectivity index (χ2n) is 17.3. The topological polar surface area (TPSA) is 29.0 Å². The van der Waals surface area contributed by atoms with Crippen LogP contribution in [0.3, 0.4) is 0 Å². The van der Waals surface area contributed by atoms with E-state index in [-0.39, 0.29) is 0 Å². The van der Waals surface area contributed by atoms with Crippen LogP contribution in [-0.4, -0.2) is 9.97 Å². The van der Waals surface area contributed by atoms with Gasteiger partial charge in [0.2, 0.25) is 0 Å². The normalized spacial score (nSPS) is 12.9. The Balaban J connectivity index is 0.937. The molecule has 0 atom stereocenters. The fraction of sp³-hybridized carbons (Fsp3) is 0.0159. The van der Waals surface area contributed by atoms with Gasteiger partial charge in [-0.25, -0.2) is 9.97 Å². The van der Waals surface area contributed by atoms with Crippen LogP contribution in [0.5, 0.6) is 0 Å². The Bertz CT molecular complexity index is 3530. The molecule has 10 aromatic carbocycles. The monoisotopic (exact) mass is 839 g/mol. The summed E-state index contributed by atoms with van der Waals surface area (Å²) in [7, 11) is 0. The Morgan fingerprint density at radius 1 is 0.318 bits per heavy atom. The van der Waals surface area contributed by atoms with E-state index in [2.05, 4.69) is 229 Å². The first-order valence-corrected chi connectivity index (χ1v) is 22.6. The number of nitrogens with zero attached hydrogens (tertiary/aromatic N) is 3. The number of para-hydroxylation sites is 3. The molecule has 3 nitrogen and oxygen atoms in total. The summed E-state index contributed by atoms with van der Waals surface area (Å²) in [4.78, 5) is 12.6. The average Bonchev–Trinajstić information content (AvgIpc) is 3.70. The van der Waals surface area contributed by atoms with Crippen LogP contribution in [0, 0.1) is 0 Å². The SMILES string of the molecule is c1ccc(-c2cc(-c3cccc(-c4ccc(-c5ccc6c(c5)C5(c7ccccc7N(c7ccccc7)c7ccccc75)c5ccc7ccccc7c5-6)cc4)c3)nc(-c3ccccc3)n2)cc1. The summed E-state index contributed by atoms with van der Waals surface area (Å²) in [5.74, 6) is 0.711. The molecule has 0 saturated heterocycles. The molecule has 1 aliphatic heterocycles. The lowest BCUT2D eigenvalue weighted by atomic mass is 9.64. The lowest BCUT2D eigenvalue weighted by molar-refractivity contribution is 0.753. The molecule has 3 heteroatoms. The first-order chi connectivity index (χ1) is 32.7. The van der Waals surface area contributed by atoms with Gasteiger partial charge in [-0.05, 0) is 109 Å². The van der Waals surface area contributed by atoms with Crippen LogP contribution in [-0.2, 0) is 5.41 Å². The smallest absolute Gasteiger partial charge is 0.160 e. The zero-order valence-corrected chi connectivity index (χ0v) is 36.0. The van der Waals surface area contributed by atoms with Crippen LogP contribution in [0.25, 0.3) is 78.1 Å². The van der Waals surface area contributed by atoms with Crippen molar-refractivity contribution >= 4 is 27.8 Å². The number of hydrogen-bond donors (Lipinski definition) is 0. The number of fused-ring (bicyclic) bond motifs is 11. The van der Waals surface area contributed by atoms with Crippen molar-refractivity contribution in [1.29, 1.82) is 0 Å². The zero-order chi connectivity index (χ0) is 43.6. The number of benzene rings is 10. The Morgan fingerprint density at radius 2 is 0.848 bits per heavy atom. The van der Waals surface area contributed by atoms with E-state index < -0.39 is 5.41 Å². The highest BCUT2D eigenvalue weighted by molar-refractivity contribution is 6.06. The minimum Gasteiger partial charge on any atom is -0.310 e. The molecule has 0 amide bonds. The van der Waals surface area contributed by atoms with Gasteiger partial charge in [-0.3, -0.25) is 0 Å². The van der Waals surface area contributed by atoms with E-state index in [1.165, 1.54) is 66.7 Å². The third-order valence-corrected chi connectivity index (χ3v) is 13.7. The summed E-state index contributed by atoms with van der Waals surface area (Å²) < 4.78 is 0. The molecule has 0 fully saturated rings. The molecule has 2 aliphatic rings. The van der Waals surface area contributed by atoms with Crippen molar-refractivity contribution in [2.45, 2.75) is 5.41 Å². The zero-order valence-electron chi connectivity index (χ0n) is 36.0. The van der Waals surface area contributed by atoms with E-state index >= 15 is 0 Å². The van der Waals surface area contributed by atoms with Crippen LogP contribution < -0.4 is 4.90 Å². The molecule has 1 aromatic heterocycles. The molecule has 2 heterocycles. The Kier molecular flexibility index (Phi) is 8.75. The molecule has 1 aliphatic carbocycles. The van der Waals surface area contributed by atoms with Gasteiger partial charge in [-0.2, -0.15) is 0 Å². The van der Waals surface area contributed by atoms with Crippen molar-refractivity contribution in [2.24, 2.45) is 0 Å². The highest BCUT2D eigenvalue weighted by Crippen LogP contribution is 2.64. The molecule has 0 saturated carbocycles. The van der Waals surface area contributed by atoms with E-state index in [4.69, 9.17) is 9.97 Å². The number of rotatable bonds is 6. The molecule has 0 bridgehead atoms. The molecule has 0 N–H and O–H groups in total. The predicted octanol–water partition coefficient (Wildman–Crippen LogP) is 16.1. The van der Waals surface area contributed by atoms with Crippen LogP contribution in [0.4, 0.5) is 17.1 Å². The Hall–Kier alpha value is -8.66. The molecule has 1 spiro atoms. The summed E-state index contributed by atoms with van der Waals surface area (Å²) in [6, 6.07) is 90.1. The van der Waals surface area contributed by atoms with Gasteiger partial charge in [0, 0.05) is 22.4 Å². The number of hydrogen-bond acceptors (Lipinski definition) is 3. The second-order valence-corrected chi connectivity index (χ2v) is 17.3. The van der Waals surface area contributed by atoms with Crippen LogP contribution in [0.15, 0.2) is 249 Å². The van der Waals surface area contributed by atoms with Crippen molar-refractivity contribution in [3.63, 3.8) is 0 Å². The molecule has 13 rings (SSSR count). The van der Waals surface area contributed by atoms with Crippen LogP contribution in [0.2, 0.25) is 0 Å². The van der Waals surface area contributed by atoms with Gasteiger partial charge in [-0.1, -0.05) is 206 Å². The molecule has 308 valence electrons. The summed E-state index contributed by atoms with van der Waals surface area (Å²) >= 11 is 0. The summed E-state index contributed by atoms with van der Waals surface area (Å²) in [6.07, 6.45) is 0. The van der Waals surface area contributed by atoms with Crippen molar-refractivity contribution in [3.05, 3.63) is 271 Å². The van der Waals surface area contributed by atoms with E-state index in [0.717, 1.165) is 44.9 Å². The van der Waals surface area contributed by atoms with Crippen molar-refractivity contribution in [2.75, 3.05) is 4.90 Å². The first kappa shape index (κ1) is 37.9. The van der Waals surface area contributed by atoms with E-state index in [1.54, 1.807) is 0 Å². The molecular formula is C63H41N3. The lowest BCUT2D eigenvalue weighted by Gasteiger charge is -2.45. The Labute approximate surface area is 384 Å². The highest BCUT2D eigenvalue weighted by atomic mass is 15.2. The second kappa shape index (κ2) is 15.3. The number of aromatic nitrogens is 2. The highest BCUT2D eigenvalue weighted by Gasteiger charge is 2.52. The van der Waals surface area contributed by atoms with E-state index in [9.17, 15) is 0 Å². The molecular weight excluding hydrogens is 799 g/mol. The standard InChI is InChI=1S/C63H41N3/c1-4-18-45(19-5-1)57-41-58(65-62(64-57)46-20-6-2-7-21-46)49-23-16-22-47(39-49)42-31-33-43(34-32-42)48-35-37-52-56(40-48)63(55-38-36-44-17-10-11-26-51(44)61(52)55)53-27-12-14-29-59(53)66(50-24-8-3-9-25-50)60-30-15-13-28-54(60)63/h1-41H. The quantitative estimate of drug-likeness (QED) is 0.167. The number of anilines is 3. The van der Waals surface area contributed by atoms with Crippen LogP contribution in [0.1, 0.15) is 22.3 Å². The van der Waals surface area contributed by atoms with Gasteiger partial charge < -0.3 is 4.90 Å². The van der Waals surface area contributed by atoms with Gasteiger partial charge in [0.1, 0.15) is 0 Å². The third-order valence-electron chi connectivity index (χ3n) is 13.7. The lowest BCUT2D eigenvalue weighted by Crippen LogP contribution is -2.36. The maximum atomic E-state index is 5.12.